The van der Waals surface area contributed by atoms with Crippen molar-refractivity contribution >= 4 is 5.91 Å². The number of fused-ring (bicyclic) bond motifs is 1. The molecule has 1 aliphatic rings. The molecule has 5 heteroatoms. The van der Waals surface area contributed by atoms with Crippen molar-refractivity contribution in [3.05, 3.63) is 59.4 Å². The summed E-state index contributed by atoms with van der Waals surface area (Å²) in [7, 11) is 1.64. The van der Waals surface area contributed by atoms with Gasteiger partial charge in [0.15, 0.2) is 0 Å². The van der Waals surface area contributed by atoms with Crippen LogP contribution in [0.3, 0.4) is 0 Å². The number of aromatic nitrogens is 1. The lowest BCUT2D eigenvalue weighted by atomic mass is 9.98. The summed E-state index contributed by atoms with van der Waals surface area (Å²) in [6.45, 7) is 5.36. The van der Waals surface area contributed by atoms with Crippen LogP contribution in [0, 0.1) is 6.92 Å². The molecule has 1 unspecified atom stereocenters. The van der Waals surface area contributed by atoms with Crippen LogP contribution in [0.4, 0.5) is 0 Å². The fourth-order valence-corrected chi connectivity index (χ4v) is 3.36. The summed E-state index contributed by atoms with van der Waals surface area (Å²) < 4.78 is 7.27. The lowest BCUT2D eigenvalue weighted by molar-refractivity contribution is -0.123. The van der Waals surface area contributed by atoms with E-state index in [0.29, 0.717) is 19.7 Å². The Balaban J connectivity index is 1.81. The molecule has 5 nitrogen and oxygen atoms in total. The van der Waals surface area contributed by atoms with E-state index in [2.05, 4.69) is 64.3 Å². The second-order valence-corrected chi connectivity index (χ2v) is 6.26. The average Bonchev–Trinajstić information content (AvgIpc) is 3.03. The van der Waals surface area contributed by atoms with E-state index in [1.807, 2.05) is 0 Å². The molecule has 3 rings (SSSR count). The van der Waals surface area contributed by atoms with Gasteiger partial charge >= 0.3 is 0 Å². The summed E-state index contributed by atoms with van der Waals surface area (Å²) in [5.41, 5.74) is 3.72. The Morgan fingerprint density at radius 3 is 2.96 bits per heavy atom. The Morgan fingerprint density at radius 2 is 2.17 bits per heavy atom. The van der Waals surface area contributed by atoms with Crippen LogP contribution in [0.1, 0.15) is 22.9 Å². The number of carbonyl (C=O) groups excluding carboxylic acids is 1. The number of benzene rings is 1. The molecule has 1 aliphatic heterocycles. The number of aryl methyl sites for hydroxylation is 1. The summed E-state index contributed by atoms with van der Waals surface area (Å²) >= 11 is 0. The third-order valence-corrected chi connectivity index (χ3v) is 4.47. The minimum absolute atomic E-state index is 0.0460. The molecular weight excluding hydrogens is 302 g/mol. The van der Waals surface area contributed by atoms with Gasteiger partial charge in [-0.05, 0) is 24.6 Å². The van der Waals surface area contributed by atoms with Crippen LogP contribution in [0.2, 0.25) is 0 Å². The number of hydrogen-bond donors (Lipinski definition) is 1. The zero-order valence-electron chi connectivity index (χ0n) is 14.4. The number of amides is 1. The minimum atomic E-state index is 0.0460. The number of nitrogens with zero attached hydrogens (tertiary/aromatic N) is 2. The first-order valence-corrected chi connectivity index (χ1v) is 8.40. The maximum atomic E-state index is 12.3. The highest BCUT2D eigenvalue weighted by Crippen LogP contribution is 2.32. The molecule has 0 saturated carbocycles. The molecule has 0 saturated heterocycles. The Hall–Kier alpha value is -2.11. The Morgan fingerprint density at radius 1 is 1.29 bits per heavy atom. The molecule has 24 heavy (non-hydrogen) atoms. The lowest BCUT2D eigenvalue weighted by Gasteiger charge is -2.37. The van der Waals surface area contributed by atoms with Crippen molar-refractivity contribution < 1.29 is 9.53 Å². The summed E-state index contributed by atoms with van der Waals surface area (Å²) in [4.78, 5) is 14.5. The predicted molar refractivity (Wildman–Crippen MR) is 93.9 cm³/mol. The van der Waals surface area contributed by atoms with E-state index >= 15 is 0 Å². The van der Waals surface area contributed by atoms with Gasteiger partial charge in [-0.2, -0.15) is 0 Å². The molecule has 1 amide bonds. The maximum Gasteiger partial charge on any atom is 0.234 e. The Bertz CT molecular complexity index is 695. The zero-order chi connectivity index (χ0) is 16.9. The smallest absolute Gasteiger partial charge is 0.234 e. The van der Waals surface area contributed by atoms with E-state index in [1.54, 1.807) is 7.11 Å². The van der Waals surface area contributed by atoms with Crippen molar-refractivity contribution in [1.82, 2.24) is 14.8 Å². The van der Waals surface area contributed by atoms with Gasteiger partial charge in [-0.1, -0.05) is 29.8 Å². The van der Waals surface area contributed by atoms with E-state index in [0.717, 1.165) is 13.1 Å². The Kier molecular flexibility index (Phi) is 5.33. The third-order valence-electron chi connectivity index (χ3n) is 4.47. The highest BCUT2D eigenvalue weighted by Gasteiger charge is 2.29. The molecule has 0 spiro atoms. The van der Waals surface area contributed by atoms with Gasteiger partial charge in [-0.3, -0.25) is 9.69 Å². The lowest BCUT2D eigenvalue weighted by Crippen LogP contribution is -2.44. The van der Waals surface area contributed by atoms with Crippen LogP contribution in [-0.4, -0.2) is 48.7 Å². The SMILES string of the molecule is COCCNC(=O)CN1CCn2cccc2C1c1cccc(C)c1. The second-order valence-electron chi connectivity index (χ2n) is 6.26. The molecule has 0 bridgehead atoms. The predicted octanol–water partition coefficient (Wildman–Crippen LogP) is 1.96. The summed E-state index contributed by atoms with van der Waals surface area (Å²) in [6.07, 6.45) is 2.12. The third kappa shape index (κ3) is 3.68. The van der Waals surface area contributed by atoms with Crippen LogP contribution < -0.4 is 5.32 Å². The van der Waals surface area contributed by atoms with Gasteiger partial charge in [0.25, 0.3) is 0 Å². The van der Waals surface area contributed by atoms with Crippen molar-refractivity contribution in [3.8, 4) is 0 Å². The monoisotopic (exact) mass is 327 g/mol. The molecule has 0 fully saturated rings. The first kappa shape index (κ1) is 16.7. The van der Waals surface area contributed by atoms with Gasteiger partial charge in [-0.25, -0.2) is 0 Å². The standard InChI is InChI=1S/C19H25N3O2/c1-15-5-3-6-16(13-15)19-17-7-4-9-21(17)10-11-22(19)14-18(23)20-8-12-24-2/h3-7,9,13,19H,8,10-12,14H2,1-2H3,(H,20,23). The number of methoxy groups -OCH3 is 1. The fraction of sp³-hybridized carbons (Fsp3) is 0.421. The number of hydrogen-bond acceptors (Lipinski definition) is 3. The fourth-order valence-electron chi connectivity index (χ4n) is 3.36. The van der Waals surface area contributed by atoms with Crippen LogP contribution in [-0.2, 0) is 16.1 Å². The summed E-state index contributed by atoms with van der Waals surface area (Å²) in [5, 5.41) is 2.92. The number of ether oxygens (including phenoxy) is 1. The average molecular weight is 327 g/mol. The summed E-state index contributed by atoms with van der Waals surface area (Å²) in [6, 6.07) is 12.9. The molecule has 128 valence electrons. The number of rotatable bonds is 6. The first-order chi connectivity index (χ1) is 11.7. The molecule has 1 aromatic carbocycles. The molecule has 0 radical (unpaired) electrons. The van der Waals surface area contributed by atoms with Crippen molar-refractivity contribution in [2.75, 3.05) is 33.4 Å². The van der Waals surface area contributed by atoms with Crippen molar-refractivity contribution in [1.29, 1.82) is 0 Å². The van der Waals surface area contributed by atoms with E-state index in [4.69, 9.17) is 4.74 Å². The number of carbonyl (C=O) groups is 1. The van der Waals surface area contributed by atoms with E-state index < -0.39 is 0 Å². The molecule has 0 aliphatic carbocycles. The van der Waals surface area contributed by atoms with Crippen molar-refractivity contribution in [2.24, 2.45) is 0 Å². The molecule has 1 atom stereocenters. The van der Waals surface area contributed by atoms with E-state index in [1.165, 1.54) is 16.8 Å². The topological polar surface area (TPSA) is 46.5 Å². The first-order valence-electron chi connectivity index (χ1n) is 8.40. The molecule has 2 aromatic rings. The van der Waals surface area contributed by atoms with Gasteiger partial charge in [0.1, 0.15) is 0 Å². The van der Waals surface area contributed by atoms with Crippen molar-refractivity contribution in [3.63, 3.8) is 0 Å². The van der Waals surface area contributed by atoms with Gasteiger partial charge in [0, 0.05) is 38.6 Å². The van der Waals surface area contributed by atoms with Crippen LogP contribution in [0.25, 0.3) is 0 Å². The highest BCUT2D eigenvalue weighted by molar-refractivity contribution is 5.78. The Labute approximate surface area is 143 Å². The minimum Gasteiger partial charge on any atom is -0.383 e. The van der Waals surface area contributed by atoms with Crippen molar-refractivity contribution in [2.45, 2.75) is 19.5 Å². The maximum absolute atomic E-state index is 12.3. The van der Waals surface area contributed by atoms with Gasteiger partial charge in [0.05, 0.1) is 19.2 Å². The summed E-state index contributed by atoms with van der Waals surface area (Å²) in [5.74, 6) is 0.0460. The van der Waals surface area contributed by atoms with Crippen LogP contribution >= 0.6 is 0 Å². The van der Waals surface area contributed by atoms with E-state index in [9.17, 15) is 4.79 Å². The van der Waals surface area contributed by atoms with Crippen LogP contribution in [0.15, 0.2) is 42.6 Å². The molecule has 1 N–H and O–H groups in total. The van der Waals surface area contributed by atoms with Gasteiger partial charge in [0.2, 0.25) is 5.91 Å². The van der Waals surface area contributed by atoms with Crippen LogP contribution in [0.5, 0.6) is 0 Å². The van der Waals surface area contributed by atoms with Gasteiger partial charge < -0.3 is 14.6 Å². The quantitative estimate of drug-likeness (QED) is 0.825. The largest absolute Gasteiger partial charge is 0.383 e. The second kappa shape index (κ2) is 7.64. The highest BCUT2D eigenvalue weighted by atomic mass is 16.5. The zero-order valence-corrected chi connectivity index (χ0v) is 14.4. The normalized spacial score (nSPS) is 17.5. The van der Waals surface area contributed by atoms with E-state index in [-0.39, 0.29) is 11.9 Å². The molecule has 1 aromatic heterocycles. The van der Waals surface area contributed by atoms with Gasteiger partial charge in [-0.15, -0.1) is 0 Å². The molecule has 2 heterocycles. The molecular formula is C19H25N3O2. The number of nitrogens with one attached hydrogen (secondary N) is 1.